The predicted molar refractivity (Wildman–Crippen MR) is 69.7 cm³/mol. The number of hydrogen-bond donors (Lipinski definition) is 1. The second-order valence-electron chi connectivity index (χ2n) is 3.58. The van der Waals surface area contributed by atoms with E-state index >= 15 is 0 Å². The number of halogens is 1. The minimum atomic E-state index is -1.02. The van der Waals surface area contributed by atoms with Crippen LogP contribution < -0.4 is 4.74 Å². The third-order valence-corrected chi connectivity index (χ3v) is 2.94. The third kappa shape index (κ3) is 3.07. The van der Waals surface area contributed by atoms with Gasteiger partial charge in [0.2, 0.25) is 5.88 Å². The lowest BCUT2D eigenvalue weighted by molar-refractivity contribution is 0.0695. The van der Waals surface area contributed by atoms with Crippen LogP contribution in [0.15, 0.2) is 47.1 Å². The van der Waals surface area contributed by atoms with Crippen LogP contribution in [-0.4, -0.2) is 16.1 Å². The number of aromatic carboxylic acids is 1. The van der Waals surface area contributed by atoms with Crippen LogP contribution in [0.2, 0.25) is 0 Å². The van der Waals surface area contributed by atoms with E-state index in [0.29, 0.717) is 17.0 Å². The number of carboxylic acid groups (broad SMARTS) is 1. The van der Waals surface area contributed by atoms with Crippen LogP contribution in [0.4, 0.5) is 0 Å². The van der Waals surface area contributed by atoms with E-state index in [1.165, 1.54) is 6.20 Å². The first-order valence-electron chi connectivity index (χ1n) is 5.22. The highest BCUT2D eigenvalue weighted by molar-refractivity contribution is 9.10. The highest BCUT2D eigenvalue weighted by atomic mass is 79.9. The molecule has 18 heavy (non-hydrogen) atoms. The van der Waals surface area contributed by atoms with Gasteiger partial charge in [-0.1, -0.05) is 30.3 Å². The van der Waals surface area contributed by atoms with Crippen molar-refractivity contribution in [1.82, 2.24) is 4.98 Å². The Morgan fingerprint density at radius 3 is 2.67 bits per heavy atom. The first-order valence-corrected chi connectivity index (χ1v) is 6.01. The summed E-state index contributed by atoms with van der Waals surface area (Å²) >= 11 is 3.17. The Balaban J connectivity index is 2.07. The number of hydrogen-bond acceptors (Lipinski definition) is 3. The standard InChI is InChI=1S/C13H10BrNO3/c14-11-6-12(15-7-10(11)13(16)17)18-8-9-4-2-1-3-5-9/h1-7H,8H2,(H,16,17). The molecule has 0 fully saturated rings. The Morgan fingerprint density at radius 1 is 1.33 bits per heavy atom. The summed E-state index contributed by atoms with van der Waals surface area (Å²) in [6.45, 7) is 0.396. The molecule has 0 aliphatic rings. The van der Waals surface area contributed by atoms with Crippen LogP contribution in [0, 0.1) is 0 Å². The second-order valence-corrected chi connectivity index (χ2v) is 4.44. The second kappa shape index (κ2) is 5.64. The van der Waals surface area contributed by atoms with E-state index in [0.717, 1.165) is 5.56 Å². The van der Waals surface area contributed by atoms with Crippen LogP contribution in [-0.2, 0) is 6.61 Å². The first kappa shape index (κ1) is 12.6. The van der Waals surface area contributed by atoms with Gasteiger partial charge in [0, 0.05) is 16.7 Å². The van der Waals surface area contributed by atoms with Crippen molar-refractivity contribution in [2.75, 3.05) is 0 Å². The third-order valence-electron chi connectivity index (χ3n) is 2.29. The van der Waals surface area contributed by atoms with Gasteiger partial charge < -0.3 is 9.84 Å². The molecule has 0 bridgehead atoms. The molecule has 0 aliphatic heterocycles. The lowest BCUT2D eigenvalue weighted by atomic mass is 10.2. The lowest BCUT2D eigenvalue weighted by Crippen LogP contribution is -2.01. The number of aromatic nitrogens is 1. The van der Waals surface area contributed by atoms with Gasteiger partial charge in [-0.05, 0) is 21.5 Å². The Kier molecular flexibility index (Phi) is 3.94. The van der Waals surface area contributed by atoms with E-state index in [1.807, 2.05) is 30.3 Å². The first-order chi connectivity index (χ1) is 8.66. The molecule has 0 aliphatic carbocycles. The molecule has 4 nitrogen and oxygen atoms in total. The fourth-order valence-electron chi connectivity index (χ4n) is 1.38. The van der Waals surface area contributed by atoms with Crippen molar-refractivity contribution in [2.24, 2.45) is 0 Å². The Labute approximate surface area is 112 Å². The zero-order valence-corrected chi connectivity index (χ0v) is 10.9. The summed E-state index contributed by atoms with van der Waals surface area (Å²) in [6.07, 6.45) is 1.27. The summed E-state index contributed by atoms with van der Waals surface area (Å²) in [5.41, 5.74) is 1.14. The minimum absolute atomic E-state index is 0.113. The van der Waals surface area contributed by atoms with Crippen molar-refractivity contribution in [3.05, 3.63) is 58.2 Å². The molecule has 0 radical (unpaired) electrons. The maximum atomic E-state index is 10.8. The summed E-state index contributed by atoms with van der Waals surface area (Å²) in [4.78, 5) is 14.7. The number of benzene rings is 1. The number of ether oxygens (including phenoxy) is 1. The largest absolute Gasteiger partial charge is 0.478 e. The molecule has 0 unspecified atom stereocenters. The van der Waals surface area contributed by atoms with E-state index in [-0.39, 0.29) is 5.56 Å². The summed E-state index contributed by atoms with van der Waals surface area (Å²) in [5, 5.41) is 8.85. The molecule has 1 aromatic heterocycles. The molecule has 0 spiro atoms. The maximum Gasteiger partial charge on any atom is 0.338 e. The van der Waals surface area contributed by atoms with Gasteiger partial charge in [0.15, 0.2) is 0 Å². The molecule has 92 valence electrons. The normalized spacial score (nSPS) is 10.1. The van der Waals surface area contributed by atoms with Gasteiger partial charge in [0.25, 0.3) is 0 Å². The predicted octanol–water partition coefficient (Wildman–Crippen LogP) is 3.12. The molecular formula is C13H10BrNO3. The monoisotopic (exact) mass is 307 g/mol. The van der Waals surface area contributed by atoms with Crippen LogP contribution in [0.3, 0.4) is 0 Å². The van der Waals surface area contributed by atoms with Crippen LogP contribution in [0.25, 0.3) is 0 Å². The average Bonchev–Trinajstić information content (AvgIpc) is 2.37. The van der Waals surface area contributed by atoms with Gasteiger partial charge in [0.1, 0.15) is 6.61 Å². The molecule has 0 amide bonds. The number of carbonyl (C=O) groups is 1. The average molecular weight is 308 g/mol. The topological polar surface area (TPSA) is 59.4 Å². The molecule has 2 rings (SSSR count). The maximum absolute atomic E-state index is 10.8. The van der Waals surface area contributed by atoms with Gasteiger partial charge in [-0.3, -0.25) is 0 Å². The van der Waals surface area contributed by atoms with Crippen molar-refractivity contribution in [2.45, 2.75) is 6.61 Å². The zero-order chi connectivity index (χ0) is 13.0. The molecule has 1 N–H and O–H groups in total. The molecule has 0 saturated carbocycles. The van der Waals surface area contributed by atoms with Crippen molar-refractivity contribution in [3.63, 3.8) is 0 Å². The highest BCUT2D eigenvalue weighted by Gasteiger charge is 2.10. The smallest absolute Gasteiger partial charge is 0.338 e. The van der Waals surface area contributed by atoms with E-state index in [4.69, 9.17) is 9.84 Å². The fourth-order valence-corrected chi connectivity index (χ4v) is 1.85. The van der Waals surface area contributed by atoms with E-state index in [2.05, 4.69) is 20.9 Å². The Morgan fingerprint density at radius 2 is 2.06 bits per heavy atom. The zero-order valence-electron chi connectivity index (χ0n) is 9.34. The van der Waals surface area contributed by atoms with Crippen molar-refractivity contribution in [3.8, 4) is 5.88 Å². The molecule has 1 aromatic carbocycles. The van der Waals surface area contributed by atoms with Gasteiger partial charge in [-0.15, -0.1) is 0 Å². The quantitative estimate of drug-likeness (QED) is 0.943. The highest BCUT2D eigenvalue weighted by Crippen LogP contribution is 2.21. The number of nitrogens with zero attached hydrogens (tertiary/aromatic N) is 1. The molecule has 5 heteroatoms. The molecular weight excluding hydrogens is 298 g/mol. The number of pyridine rings is 1. The van der Waals surface area contributed by atoms with Gasteiger partial charge >= 0.3 is 5.97 Å². The van der Waals surface area contributed by atoms with Crippen LogP contribution >= 0.6 is 15.9 Å². The summed E-state index contributed by atoms with van der Waals surface area (Å²) < 4.78 is 5.93. The molecule has 0 saturated heterocycles. The van der Waals surface area contributed by atoms with Gasteiger partial charge in [0.05, 0.1) is 5.56 Å². The summed E-state index contributed by atoms with van der Waals surface area (Å²) in [5.74, 6) is -0.639. The Hall–Kier alpha value is -1.88. The van der Waals surface area contributed by atoms with Crippen LogP contribution in [0.5, 0.6) is 5.88 Å². The number of carboxylic acids is 1. The Bertz CT molecular complexity index is 557. The SMILES string of the molecule is O=C(O)c1cnc(OCc2ccccc2)cc1Br. The molecule has 2 aromatic rings. The summed E-state index contributed by atoms with van der Waals surface area (Å²) in [6, 6.07) is 11.2. The van der Waals surface area contributed by atoms with E-state index in [1.54, 1.807) is 6.07 Å². The minimum Gasteiger partial charge on any atom is -0.478 e. The van der Waals surface area contributed by atoms with Crippen molar-refractivity contribution >= 4 is 21.9 Å². The fraction of sp³-hybridized carbons (Fsp3) is 0.0769. The van der Waals surface area contributed by atoms with E-state index in [9.17, 15) is 4.79 Å². The van der Waals surface area contributed by atoms with Gasteiger partial charge in [-0.2, -0.15) is 0 Å². The van der Waals surface area contributed by atoms with Crippen molar-refractivity contribution < 1.29 is 14.6 Å². The molecule has 1 heterocycles. The molecule has 0 atom stereocenters. The lowest BCUT2D eigenvalue weighted by Gasteiger charge is -2.06. The summed E-state index contributed by atoms with van der Waals surface area (Å²) in [7, 11) is 0. The van der Waals surface area contributed by atoms with E-state index < -0.39 is 5.97 Å². The van der Waals surface area contributed by atoms with Gasteiger partial charge in [-0.25, -0.2) is 9.78 Å². The number of rotatable bonds is 4. The van der Waals surface area contributed by atoms with Crippen molar-refractivity contribution in [1.29, 1.82) is 0 Å². The van der Waals surface area contributed by atoms with Crippen LogP contribution in [0.1, 0.15) is 15.9 Å².